The molecule has 18 nitrogen and oxygen atoms in total. The molecule has 0 radical (unpaired) electrons. The maximum atomic E-state index is 13.8. The van der Waals surface area contributed by atoms with Crippen LogP contribution in [0.4, 0.5) is 0 Å². The zero-order chi connectivity index (χ0) is 66.6. The third-order valence-electron chi connectivity index (χ3n) is 16.3. The van der Waals surface area contributed by atoms with Gasteiger partial charge in [0.05, 0.1) is 70.8 Å². The molecule has 0 saturated heterocycles. The van der Waals surface area contributed by atoms with Crippen molar-refractivity contribution in [2.24, 2.45) is 39.9 Å². The third kappa shape index (κ3) is 20.8. The Bertz CT molecular complexity index is 3310. The van der Waals surface area contributed by atoms with Gasteiger partial charge < -0.3 is 34.7 Å². The number of H-pyrrole nitrogens is 1. The zero-order valence-electron chi connectivity index (χ0n) is 54.6. The highest BCUT2D eigenvalue weighted by Gasteiger charge is 2.36. The average molecular weight is 1350 g/mol. The highest BCUT2D eigenvalue weighted by Crippen LogP contribution is 2.40. The number of rotatable bonds is 20. The number of amides is 2. The monoisotopic (exact) mass is 1350 g/mol. The minimum atomic E-state index is -0.748. The summed E-state index contributed by atoms with van der Waals surface area (Å²) in [6.45, 7) is 32.3. The molecule has 0 unspecified atom stereocenters. The fourth-order valence-corrected chi connectivity index (χ4v) is 13.5. The van der Waals surface area contributed by atoms with Crippen molar-refractivity contribution in [3.63, 3.8) is 0 Å². The first kappa shape index (κ1) is 74.8. The van der Waals surface area contributed by atoms with Gasteiger partial charge in [0.25, 0.3) is 17.4 Å². The molecule has 7 rings (SSSR count). The van der Waals surface area contributed by atoms with Crippen LogP contribution < -0.4 is 20.3 Å². The van der Waals surface area contributed by atoms with E-state index in [1.54, 1.807) is 37.5 Å². The lowest BCUT2D eigenvalue weighted by molar-refractivity contribution is -0.145. The first-order valence-corrected chi connectivity index (χ1v) is 32.7. The van der Waals surface area contributed by atoms with Crippen LogP contribution in [0.15, 0.2) is 35.8 Å². The summed E-state index contributed by atoms with van der Waals surface area (Å²) in [5.41, 5.74) is 4.44. The Morgan fingerprint density at radius 3 is 1.43 bits per heavy atom. The van der Waals surface area contributed by atoms with Gasteiger partial charge in [0, 0.05) is 68.6 Å². The van der Waals surface area contributed by atoms with Crippen LogP contribution in [0.2, 0.25) is 30.1 Å². The topological polar surface area (TPSA) is 220 Å². The summed E-state index contributed by atoms with van der Waals surface area (Å²) in [6, 6.07) is 0.252. The van der Waals surface area contributed by atoms with Gasteiger partial charge in [0.15, 0.2) is 0 Å². The number of hydrogen-bond donors (Lipinski definition) is 3. The smallest absolute Gasteiger partial charge is 0.306 e. The van der Waals surface area contributed by atoms with Crippen molar-refractivity contribution in [2.75, 3.05) is 53.5 Å². The minimum Gasteiger partial charge on any atom is -0.481 e. The molecule has 6 atom stereocenters. The lowest BCUT2D eigenvalue weighted by Gasteiger charge is -2.33. The summed E-state index contributed by atoms with van der Waals surface area (Å²) >= 11 is 37.6. The molecular formula is C65H92Cl6N10O8. The van der Waals surface area contributed by atoms with E-state index in [1.807, 2.05) is 35.0 Å². The number of carbonyl (C=O) groups is 4. The number of hydrogen-bond acceptors (Lipinski definition) is 12. The van der Waals surface area contributed by atoms with Gasteiger partial charge in [-0.15, -0.1) is 0 Å². The van der Waals surface area contributed by atoms with Gasteiger partial charge in [0.1, 0.15) is 20.9 Å². The van der Waals surface area contributed by atoms with E-state index in [0.29, 0.717) is 123 Å². The van der Waals surface area contributed by atoms with Crippen molar-refractivity contribution >= 4 is 93.2 Å². The van der Waals surface area contributed by atoms with Crippen molar-refractivity contribution < 1.29 is 33.8 Å². The number of nitrogens with one attached hydrogen (secondary N) is 2. The number of ketones is 1. The molecule has 0 aromatic carbocycles. The van der Waals surface area contributed by atoms with E-state index < -0.39 is 11.5 Å². The zero-order valence-corrected chi connectivity index (χ0v) is 59.1. The molecule has 2 amide bonds. The lowest BCUT2D eigenvalue weighted by Crippen LogP contribution is -2.39. The van der Waals surface area contributed by atoms with E-state index in [-0.39, 0.29) is 68.7 Å². The summed E-state index contributed by atoms with van der Waals surface area (Å²) in [4.78, 5) is 77.0. The Balaban J connectivity index is 0.000000257. The van der Waals surface area contributed by atoms with Crippen LogP contribution in [0.25, 0.3) is 0 Å². The number of aliphatic carboxylic acids is 1. The first-order chi connectivity index (χ1) is 41.5. The Morgan fingerprint density at radius 2 is 1.04 bits per heavy atom. The second-order valence-corrected chi connectivity index (χ2v) is 29.7. The van der Waals surface area contributed by atoms with Crippen molar-refractivity contribution in [3.8, 4) is 11.8 Å². The van der Waals surface area contributed by atoms with Crippen molar-refractivity contribution in [2.45, 2.75) is 167 Å². The third-order valence-corrected chi connectivity index (χ3v) is 18.4. The van der Waals surface area contributed by atoms with Gasteiger partial charge in [0.2, 0.25) is 11.8 Å². The van der Waals surface area contributed by atoms with Crippen LogP contribution in [-0.2, 0) is 28.9 Å². The molecule has 5 aromatic rings. The van der Waals surface area contributed by atoms with Gasteiger partial charge >= 0.3 is 5.97 Å². The maximum Gasteiger partial charge on any atom is 0.306 e. The number of pyridine rings is 3. The number of Topliss-reactive ketones (excluding diaryl/α,β-unsaturated/α-hetero) is 1. The molecule has 89 heavy (non-hydrogen) atoms. The number of carboxylic acid groups (broad SMARTS) is 1. The highest BCUT2D eigenvalue weighted by atomic mass is 35.5. The lowest BCUT2D eigenvalue weighted by atomic mass is 9.76. The number of nitrogens with zero attached hydrogens (tertiary/aromatic N) is 8. The molecule has 3 N–H and O–H groups in total. The number of carboxylic acids is 1. The normalized spacial score (nSPS) is 18.7. The van der Waals surface area contributed by atoms with Crippen LogP contribution in [0.5, 0.6) is 11.8 Å². The standard InChI is InChI=1S/C27H38Cl2N4O3.C25H34Cl2N4O4.C13H20Cl2N2O/c1-16-12-19(8-9-20(16)18(3)34)33-17(2)22(13-31-33)26(35)32(15-27(4,5)6)11-10-21-23(28)14-30-25(36-7)24(21)29;1-14-10-16(6-7-17(14)24(34)35)31-15(2)19(11-29-31)23(33)30(13-25(3,4)5)9-8-18-20(26)12-28-22(32)21(18)27;1-13(2,3)8-16-6-5-9-10(14)7-17-12(18-4)11(9)15/h13-14,16,19-20H,8-12,15H2,1-7H3;11-12,14,16-17H,6-10,13H2,1-5H3,(H,28,32)(H,34,35);7,16H,5-6,8H2,1-4H3/t16-,19+,20+;14-,16+,17+;/m00./s1. The van der Waals surface area contributed by atoms with Crippen LogP contribution in [-0.4, -0.2) is 126 Å². The number of aromatic amines is 1. The van der Waals surface area contributed by atoms with E-state index in [9.17, 15) is 29.1 Å². The summed E-state index contributed by atoms with van der Waals surface area (Å²) in [6.07, 6.45) is 14.0. The van der Waals surface area contributed by atoms with Crippen molar-refractivity contribution in [1.29, 1.82) is 0 Å². The second kappa shape index (κ2) is 32.6. The minimum absolute atomic E-state index is 0.0370. The molecule has 492 valence electrons. The SMILES string of the molecule is COc1ncc(Cl)c(CCN(CC(C)(C)C)C(=O)c2cnn([C@@H]3CC[C@@H](C(C)=O)[C@@H](C)C3)c2C)c1Cl.COc1ncc(Cl)c(CCNCC(C)(C)C)c1Cl.Cc1c(C(=O)N(CCc2c(Cl)c[nH]c(=O)c2Cl)CC(C)(C)C)cnn1[C@@H]1CC[C@@H](C(=O)O)[C@@H](C)C1. The molecule has 0 bridgehead atoms. The summed E-state index contributed by atoms with van der Waals surface area (Å²) < 4.78 is 14.2. The summed E-state index contributed by atoms with van der Waals surface area (Å²) in [5.74, 6) is 0.160. The van der Waals surface area contributed by atoms with E-state index in [0.717, 1.165) is 55.7 Å². The summed E-state index contributed by atoms with van der Waals surface area (Å²) in [5, 5.41) is 24.3. The van der Waals surface area contributed by atoms with Gasteiger partial charge in [-0.25, -0.2) is 9.97 Å². The Morgan fingerprint density at radius 1 is 0.629 bits per heavy atom. The Labute approximate surface area is 555 Å². The van der Waals surface area contributed by atoms with E-state index >= 15 is 0 Å². The average Bonchev–Trinajstić information content (AvgIpc) is 2.92. The Kier molecular flexibility index (Phi) is 27.4. The Hall–Kier alpha value is -4.95. The number of ether oxygens (including phenoxy) is 2. The molecule has 2 aliphatic rings. The number of halogens is 6. The molecule has 5 aromatic heterocycles. The number of methoxy groups -OCH3 is 2. The number of carbonyl (C=O) groups excluding carboxylic acids is 3. The van der Waals surface area contributed by atoms with Crippen molar-refractivity contribution in [1.82, 2.24) is 49.6 Å². The first-order valence-electron chi connectivity index (χ1n) is 30.4. The molecule has 2 saturated carbocycles. The van der Waals surface area contributed by atoms with Crippen LogP contribution >= 0.6 is 69.6 Å². The quantitative estimate of drug-likeness (QED) is 0.0618. The van der Waals surface area contributed by atoms with Gasteiger partial charge in [-0.05, 0) is 130 Å². The molecule has 0 aliphatic heterocycles. The predicted octanol–water partition coefficient (Wildman–Crippen LogP) is 14.8. The molecule has 0 spiro atoms. The maximum absolute atomic E-state index is 13.8. The van der Waals surface area contributed by atoms with Crippen LogP contribution in [0, 0.1) is 53.8 Å². The van der Waals surface area contributed by atoms with E-state index in [4.69, 9.17) is 79.1 Å². The van der Waals surface area contributed by atoms with Gasteiger partial charge in [-0.3, -0.25) is 33.3 Å². The fourth-order valence-electron chi connectivity index (χ4n) is 11.8. The van der Waals surface area contributed by atoms with Crippen molar-refractivity contribution in [3.05, 3.63) is 111 Å². The van der Waals surface area contributed by atoms with Gasteiger partial charge in [-0.1, -0.05) is 146 Å². The van der Waals surface area contributed by atoms with E-state index in [1.165, 1.54) is 19.5 Å². The molecule has 2 aliphatic carbocycles. The molecular weight excluding hydrogens is 1260 g/mol. The molecule has 24 heteroatoms. The van der Waals surface area contributed by atoms with E-state index in [2.05, 4.69) is 99.7 Å². The van der Waals surface area contributed by atoms with Crippen LogP contribution in [0.1, 0.15) is 182 Å². The van der Waals surface area contributed by atoms with Gasteiger partial charge in [-0.2, -0.15) is 10.2 Å². The predicted molar refractivity (Wildman–Crippen MR) is 356 cm³/mol. The van der Waals surface area contributed by atoms with Crippen LogP contribution in [0.3, 0.4) is 0 Å². The molecule has 5 heterocycles. The number of aromatic nitrogens is 7. The fraction of sp³-hybridized carbons (Fsp3) is 0.615. The molecule has 2 fully saturated rings. The summed E-state index contributed by atoms with van der Waals surface area (Å²) in [7, 11) is 3.05. The highest BCUT2D eigenvalue weighted by molar-refractivity contribution is 6.37. The second-order valence-electron chi connectivity index (χ2n) is 27.4. The largest absolute Gasteiger partial charge is 0.481 e.